The molecule has 1 unspecified atom stereocenters. The van der Waals surface area contributed by atoms with E-state index < -0.39 is 5.97 Å². The van der Waals surface area contributed by atoms with Crippen LogP contribution in [-0.4, -0.2) is 56.3 Å². The van der Waals surface area contributed by atoms with Gasteiger partial charge in [0.15, 0.2) is 0 Å². The summed E-state index contributed by atoms with van der Waals surface area (Å²) >= 11 is 0. The first kappa shape index (κ1) is 25.5. The molecule has 3 atom stereocenters. The number of rotatable bonds is 9. The molecule has 1 aromatic carbocycles. The molecule has 1 amide bonds. The number of carbonyl (C=O) groups excluding carboxylic acids is 1. The summed E-state index contributed by atoms with van der Waals surface area (Å²) < 4.78 is 13.3. The quantitative estimate of drug-likeness (QED) is 0.570. The molecule has 0 spiro atoms. The van der Waals surface area contributed by atoms with E-state index in [-0.39, 0.29) is 30.8 Å². The minimum absolute atomic E-state index is 0.0663. The minimum Gasteiger partial charge on any atom is -0.490 e. The maximum Gasteiger partial charge on any atom is 0.410 e. The summed E-state index contributed by atoms with van der Waals surface area (Å²) in [6, 6.07) is 5.87. The Morgan fingerprint density at radius 2 is 2.09 bits per heavy atom. The van der Waals surface area contributed by atoms with Gasteiger partial charge in [-0.05, 0) is 69.7 Å². The fourth-order valence-electron chi connectivity index (χ4n) is 4.37. The molecule has 1 fully saturated rings. The Morgan fingerprint density at radius 3 is 2.76 bits per heavy atom. The van der Waals surface area contributed by atoms with E-state index in [1.165, 1.54) is 0 Å². The van der Waals surface area contributed by atoms with Crippen molar-refractivity contribution >= 4 is 12.1 Å². The topological polar surface area (TPSA) is 107 Å². The third-order valence-electron chi connectivity index (χ3n) is 6.65. The molecule has 1 N–H and O–H groups in total. The van der Waals surface area contributed by atoms with Crippen LogP contribution >= 0.6 is 0 Å². The van der Waals surface area contributed by atoms with Gasteiger partial charge in [0, 0.05) is 25.7 Å². The second kappa shape index (κ2) is 11.4. The predicted molar refractivity (Wildman–Crippen MR) is 128 cm³/mol. The fraction of sp³-hybridized carbons (Fsp3) is 0.600. The number of aromatic nitrogens is 3. The number of nitrogens with zero attached hydrogens (tertiary/aromatic N) is 4. The number of ether oxygens (including phenoxy) is 2. The number of hydrogen-bond donors (Lipinski definition) is 1. The average molecular weight is 473 g/mol. The lowest BCUT2D eigenvalue weighted by Crippen LogP contribution is -2.35. The first-order chi connectivity index (χ1) is 16.2. The molecular formula is C25H36N4O5. The van der Waals surface area contributed by atoms with Gasteiger partial charge in [0.1, 0.15) is 23.7 Å². The van der Waals surface area contributed by atoms with Crippen LogP contribution in [0.5, 0.6) is 5.75 Å². The lowest BCUT2D eigenvalue weighted by Gasteiger charge is -2.28. The van der Waals surface area contributed by atoms with Crippen LogP contribution in [0.25, 0.3) is 11.3 Å². The van der Waals surface area contributed by atoms with Crippen molar-refractivity contribution in [3.63, 3.8) is 0 Å². The molecule has 186 valence electrons. The zero-order valence-electron chi connectivity index (χ0n) is 20.8. The van der Waals surface area contributed by atoms with E-state index in [0.717, 1.165) is 42.6 Å². The Labute approximate surface area is 201 Å². The summed E-state index contributed by atoms with van der Waals surface area (Å²) in [6.45, 7) is 6.11. The van der Waals surface area contributed by atoms with Crippen LogP contribution in [0, 0.1) is 12.8 Å². The van der Waals surface area contributed by atoms with E-state index >= 15 is 0 Å². The predicted octanol–water partition coefficient (Wildman–Crippen LogP) is 4.57. The normalized spacial score (nSPS) is 18.9. The molecule has 9 nitrogen and oxygen atoms in total. The molecule has 34 heavy (non-hydrogen) atoms. The Kier molecular flexibility index (Phi) is 8.52. The molecule has 1 aliphatic rings. The van der Waals surface area contributed by atoms with Crippen molar-refractivity contribution in [3.05, 3.63) is 29.5 Å². The van der Waals surface area contributed by atoms with Crippen LogP contribution in [0.1, 0.15) is 63.6 Å². The maximum absolute atomic E-state index is 12.5. The molecule has 0 bridgehead atoms. The Bertz CT molecular complexity index is 1010. The number of benzene rings is 1. The number of hydrogen-bond acceptors (Lipinski definition) is 6. The van der Waals surface area contributed by atoms with Crippen LogP contribution in [0.2, 0.25) is 0 Å². The summed E-state index contributed by atoms with van der Waals surface area (Å²) in [7, 11) is 3.52. The highest BCUT2D eigenvalue weighted by molar-refractivity contribution is 5.70. The van der Waals surface area contributed by atoms with Gasteiger partial charge in [0.05, 0.1) is 12.0 Å². The SMILES string of the molecule is CCCC(C)N(C)C(=O)OCc1c(-c2ccc(O[C@H]3CCC[C@H](C(=O)O)C3)c(C)c2)nnn1C. The maximum atomic E-state index is 12.5. The van der Waals surface area contributed by atoms with Crippen molar-refractivity contribution in [2.75, 3.05) is 7.05 Å². The van der Waals surface area contributed by atoms with Crippen LogP contribution < -0.4 is 4.74 Å². The molecule has 1 heterocycles. The minimum atomic E-state index is -0.748. The van der Waals surface area contributed by atoms with Crippen LogP contribution in [-0.2, 0) is 23.2 Å². The lowest BCUT2D eigenvalue weighted by atomic mass is 9.87. The van der Waals surface area contributed by atoms with E-state index in [1.54, 1.807) is 23.7 Å². The second-order valence-corrected chi connectivity index (χ2v) is 9.23. The van der Waals surface area contributed by atoms with Gasteiger partial charge < -0.3 is 19.5 Å². The number of aliphatic carboxylic acids is 1. The summed E-state index contributed by atoms with van der Waals surface area (Å²) in [5, 5.41) is 17.7. The van der Waals surface area contributed by atoms with Crippen molar-refractivity contribution in [2.24, 2.45) is 13.0 Å². The van der Waals surface area contributed by atoms with Crippen molar-refractivity contribution in [2.45, 2.75) is 78.0 Å². The molecule has 1 saturated carbocycles. The van der Waals surface area contributed by atoms with Crippen molar-refractivity contribution in [1.82, 2.24) is 19.9 Å². The Hall–Kier alpha value is -3.10. The monoisotopic (exact) mass is 472 g/mol. The van der Waals surface area contributed by atoms with Crippen LogP contribution in [0.3, 0.4) is 0 Å². The smallest absolute Gasteiger partial charge is 0.410 e. The molecule has 9 heteroatoms. The van der Waals surface area contributed by atoms with Gasteiger partial charge in [0.2, 0.25) is 0 Å². The fourth-order valence-corrected chi connectivity index (χ4v) is 4.37. The van der Waals surface area contributed by atoms with Gasteiger partial charge in [-0.1, -0.05) is 18.6 Å². The van der Waals surface area contributed by atoms with E-state index in [0.29, 0.717) is 24.2 Å². The van der Waals surface area contributed by atoms with Gasteiger partial charge >= 0.3 is 12.1 Å². The van der Waals surface area contributed by atoms with Crippen molar-refractivity contribution in [3.8, 4) is 17.0 Å². The first-order valence-electron chi connectivity index (χ1n) is 12.0. The third-order valence-corrected chi connectivity index (χ3v) is 6.65. The zero-order valence-corrected chi connectivity index (χ0v) is 20.8. The summed E-state index contributed by atoms with van der Waals surface area (Å²) in [5.74, 6) is -0.349. The molecule has 0 saturated heterocycles. The zero-order chi connectivity index (χ0) is 24.8. The number of amides is 1. The molecule has 0 aliphatic heterocycles. The second-order valence-electron chi connectivity index (χ2n) is 9.23. The van der Waals surface area contributed by atoms with Crippen molar-refractivity contribution < 1.29 is 24.2 Å². The summed E-state index contributed by atoms with van der Waals surface area (Å²) in [4.78, 5) is 25.4. The molecular weight excluding hydrogens is 436 g/mol. The largest absolute Gasteiger partial charge is 0.490 e. The van der Waals surface area contributed by atoms with Crippen LogP contribution in [0.15, 0.2) is 18.2 Å². The van der Waals surface area contributed by atoms with Gasteiger partial charge in [0.25, 0.3) is 0 Å². The van der Waals surface area contributed by atoms with Gasteiger partial charge in [-0.15, -0.1) is 5.10 Å². The Morgan fingerprint density at radius 1 is 1.32 bits per heavy atom. The first-order valence-corrected chi connectivity index (χ1v) is 12.0. The molecule has 2 aromatic rings. The number of carboxylic acids is 1. The molecule has 1 aliphatic carbocycles. The number of carbonyl (C=O) groups is 2. The molecule has 0 radical (unpaired) electrons. The Balaban J connectivity index is 1.69. The van der Waals surface area contributed by atoms with E-state index in [4.69, 9.17) is 9.47 Å². The molecule has 3 rings (SSSR count). The number of carboxylic acid groups (broad SMARTS) is 1. The van der Waals surface area contributed by atoms with E-state index in [1.807, 2.05) is 32.0 Å². The lowest BCUT2D eigenvalue weighted by molar-refractivity contribution is -0.143. The molecule has 1 aromatic heterocycles. The van der Waals surface area contributed by atoms with Gasteiger partial charge in [-0.3, -0.25) is 4.79 Å². The van der Waals surface area contributed by atoms with Gasteiger partial charge in [-0.2, -0.15) is 0 Å². The van der Waals surface area contributed by atoms with Crippen LogP contribution in [0.4, 0.5) is 4.79 Å². The summed E-state index contributed by atoms with van der Waals surface area (Å²) in [5.41, 5.74) is 3.13. The summed E-state index contributed by atoms with van der Waals surface area (Å²) in [6.07, 6.45) is 4.38. The van der Waals surface area contributed by atoms with E-state index in [2.05, 4.69) is 17.2 Å². The standard InChI is InChI=1S/C25H36N4O5/c1-6-8-17(3)28(4)25(32)33-15-21-23(26-27-29(21)5)18-11-12-22(16(2)13-18)34-20-10-7-9-19(14-20)24(30)31/h11-13,17,19-20H,6-10,14-15H2,1-5H3,(H,30,31)/t17?,19-,20-/m0/s1. The highest BCUT2D eigenvalue weighted by atomic mass is 16.6. The van der Waals surface area contributed by atoms with Gasteiger partial charge in [-0.25, -0.2) is 9.48 Å². The average Bonchev–Trinajstić information content (AvgIpc) is 3.18. The van der Waals surface area contributed by atoms with E-state index in [9.17, 15) is 14.7 Å². The highest BCUT2D eigenvalue weighted by Gasteiger charge is 2.28. The van der Waals surface area contributed by atoms with Crippen molar-refractivity contribution in [1.29, 1.82) is 0 Å². The highest BCUT2D eigenvalue weighted by Crippen LogP contribution is 2.32. The number of aryl methyl sites for hydroxylation is 2. The third kappa shape index (κ3) is 6.07.